The Labute approximate surface area is 136 Å². The fourth-order valence-corrected chi connectivity index (χ4v) is 3.22. The van der Waals surface area contributed by atoms with Crippen molar-refractivity contribution in [3.63, 3.8) is 0 Å². The van der Waals surface area contributed by atoms with Crippen LogP contribution >= 0.6 is 47.5 Å². The first-order valence-corrected chi connectivity index (χ1v) is 7.28. The van der Waals surface area contributed by atoms with Gasteiger partial charge in [-0.1, -0.05) is 11.3 Å². The Morgan fingerprint density at radius 3 is 2.70 bits per heavy atom. The zero-order valence-corrected chi connectivity index (χ0v) is 13.8. The van der Waals surface area contributed by atoms with Gasteiger partial charge in [0, 0.05) is 12.0 Å². The van der Waals surface area contributed by atoms with Crippen molar-refractivity contribution in [2.75, 3.05) is 5.32 Å². The molecule has 5 nitrogen and oxygen atoms in total. The maximum atomic E-state index is 12.0. The molecule has 1 aliphatic rings. The predicted molar refractivity (Wildman–Crippen MR) is 86.7 cm³/mol. The maximum absolute atomic E-state index is 12.0. The second-order valence-electron chi connectivity index (χ2n) is 4.33. The Morgan fingerprint density at radius 2 is 2.15 bits per heavy atom. The number of hydrogen-bond donors (Lipinski definition) is 2. The summed E-state index contributed by atoms with van der Waals surface area (Å²) in [6, 6.07) is 2.19. The third kappa shape index (κ3) is 3.67. The van der Waals surface area contributed by atoms with Crippen LogP contribution in [0.3, 0.4) is 0 Å². The summed E-state index contributed by atoms with van der Waals surface area (Å²) in [6.07, 6.45) is 1.02. The van der Waals surface area contributed by atoms with E-state index in [1.165, 1.54) is 28.2 Å². The number of rotatable bonds is 3. The topological polar surface area (TPSA) is 80.9 Å². The first-order valence-electron chi connectivity index (χ1n) is 5.59. The lowest BCUT2D eigenvalue weighted by atomic mass is 10.2. The lowest BCUT2D eigenvalue weighted by molar-refractivity contribution is 0.103. The molecule has 3 N–H and O–H groups in total. The number of hydrogen-bond acceptors (Lipinski definition) is 6. The van der Waals surface area contributed by atoms with Crippen LogP contribution in [-0.4, -0.2) is 22.1 Å². The molecule has 2 aromatic heterocycles. The Morgan fingerprint density at radius 1 is 1.45 bits per heavy atom. The van der Waals surface area contributed by atoms with Gasteiger partial charge in [-0.05, 0) is 30.4 Å². The Hall–Kier alpha value is -0.730. The number of nitrogens with two attached hydrogens (primary N) is 1. The van der Waals surface area contributed by atoms with Crippen molar-refractivity contribution < 1.29 is 4.79 Å². The molecule has 9 heteroatoms. The average Bonchev–Trinajstić information content (AvgIpc) is 2.79. The zero-order chi connectivity index (χ0) is 12.7. The third-order valence-corrected chi connectivity index (χ3v) is 4.56. The summed E-state index contributed by atoms with van der Waals surface area (Å²) >= 11 is 2.81. The Kier molecular flexibility index (Phi) is 5.91. The number of amides is 1. The van der Waals surface area contributed by atoms with Gasteiger partial charge in [0.15, 0.2) is 0 Å². The van der Waals surface area contributed by atoms with Crippen LogP contribution in [0.5, 0.6) is 0 Å². The van der Waals surface area contributed by atoms with E-state index in [2.05, 4.69) is 15.5 Å². The molecule has 20 heavy (non-hydrogen) atoms. The van der Waals surface area contributed by atoms with Crippen molar-refractivity contribution in [1.82, 2.24) is 10.2 Å². The van der Waals surface area contributed by atoms with Gasteiger partial charge >= 0.3 is 0 Å². The van der Waals surface area contributed by atoms with Crippen molar-refractivity contribution in [1.29, 1.82) is 0 Å². The molecule has 0 saturated heterocycles. The van der Waals surface area contributed by atoms with Gasteiger partial charge in [0.2, 0.25) is 5.13 Å². The highest BCUT2D eigenvalue weighted by Crippen LogP contribution is 2.40. The predicted octanol–water partition coefficient (Wildman–Crippen LogP) is 2.82. The minimum absolute atomic E-state index is 0. The van der Waals surface area contributed by atoms with Gasteiger partial charge in [-0.25, -0.2) is 0 Å². The molecular weight excluding hydrogens is 339 g/mol. The van der Waals surface area contributed by atoms with Crippen molar-refractivity contribution in [3.05, 3.63) is 26.9 Å². The molecule has 3 rings (SSSR count). The van der Waals surface area contributed by atoms with E-state index in [0.717, 1.165) is 11.4 Å². The van der Waals surface area contributed by atoms with Crippen LogP contribution in [0.4, 0.5) is 5.13 Å². The van der Waals surface area contributed by atoms with Crippen LogP contribution in [0.1, 0.15) is 32.6 Å². The maximum Gasteiger partial charge on any atom is 0.267 e. The van der Waals surface area contributed by atoms with Crippen LogP contribution in [0.15, 0.2) is 11.4 Å². The third-order valence-electron chi connectivity index (χ3n) is 2.86. The molecule has 2 atom stereocenters. The van der Waals surface area contributed by atoms with Crippen LogP contribution in [-0.2, 0) is 0 Å². The molecule has 2 unspecified atom stereocenters. The lowest BCUT2D eigenvalue weighted by Gasteiger charge is -1.96. The van der Waals surface area contributed by atoms with Gasteiger partial charge in [-0.2, -0.15) is 0 Å². The second kappa shape index (κ2) is 6.82. The Bertz CT molecular complexity index is 601. The molecule has 2 heterocycles. The number of nitrogens with one attached hydrogen (secondary N) is 1. The van der Waals surface area contributed by atoms with E-state index in [0.29, 0.717) is 15.9 Å². The number of nitrogens with zero attached hydrogens (tertiary/aromatic N) is 2. The minimum Gasteiger partial charge on any atom is -0.327 e. The second-order valence-corrected chi connectivity index (χ2v) is 6.42. The van der Waals surface area contributed by atoms with E-state index >= 15 is 0 Å². The molecule has 0 radical (unpaired) electrons. The summed E-state index contributed by atoms with van der Waals surface area (Å²) < 4.78 is 0. The van der Waals surface area contributed by atoms with Gasteiger partial charge in [-0.3, -0.25) is 10.1 Å². The lowest BCUT2D eigenvalue weighted by Crippen LogP contribution is -2.09. The molecule has 0 bridgehead atoms. The van der Waals surface area contributed by atoms with Crippen LogP contribution in [0.25, 0.3) is 0 Å². The molecule has 1 aliphatic carbocycles. The van der Waals surface area contributed by atoms with E-state index < -0.39 is 0 Å². The number of thiophene rings is 1. The fraction of sp³-hybridized carbons (Fsp3) is 0.364. The first-order chi connectivity index (χ1) is 8.63. The van der Waals surface area contributed by atoms with E-state index in [9.17, 15) is 4.79 Å². The van der Waals surface area contributed by atoms with E-state index in [1.807, 2.05) is 18.4 Å². The summed E-state index contributed by atoms with van der Waals surface area (Å²) in [6.45, 7) is 1.85. The number of aromatic nitrogens is 2. The van der Waals surface area contributed by atoms with Crippen molar-refractivity contribution in [2.45, 2.75) is 25.3 Å². The molecule has 0 aliphatic heterocycles. The van der Waals surface area contributed by atoms with Crippen LogP contribution in [0.2, 0.25) is 0 Å². The smallest absolute Gasteiger partial charge is 0.267 e. The van der Waals surface area contributed by atoms with Crippen LogP contribution < -0.4 is 11.1 Å². The number of carbonyl (C=O) groups is 1. The Balaban J connectivity index is 0.000001000. The fourth-order valence-electron chi connectivity index (χ4n) is 1.77. The molecule has 1 amide bonds. The summed E-state index contributed by atoms with van der Waals surface area (Å²) in [5.74, 6) is 0.309. The number of carbonyl (C=O) groups excluding carboxylic acids is 1. The monoisotopic (exact) mass is 352 g/mol. The largest absolute Gasteiger partial charge is 0.327 e. The van der Waals surface area contributed by atoms with E-state index in [1.54, 1.807) is 0 Å². The quantitative estimate of drug-likeness (QED) is 0.889. The van der Waals surface area contributed by atoms with Gasteiger partial charge in [0.25, 0.3) is 5.91 Å². The van der Waals surface area contributed by atoms with Crippen molar-refractivity contribution in [3.8, 4) is 0 Å². The highest BCUT2D eigenvalue weighted by atomic mass is 35.5. The van der Waals surface area contributed by atoms with E-state index in [-0.39, 0.29) is 36.8 Å². The molecule has 0 spiro atoms. The van der Waals surface area contributed by atoms with Gasteiger partial charge < -0.3 is 5.73 Å². The average molecular weight is 353 g/mol. The number of anilines is 1. The normalized spacial score (nSPS) is 19.7. The highest BCUT2D eigenvalue weighted by Gasteiger charge is 2.35. The summed E-state index contributed by atoms with van der Waals surface area (Å²) in [5.41, 5.74) is 6.97. The molecule has 110 valence electrons. The van der Waals surface area contributed by atoms with E-state index in [4.69, 9.17) is 5.73 Å². The molecule has 0 aromatic carbocycles. The molecule has 2 aromatic rings. The van der Waals surface area contributed by atoms with Crippen molar-refractivity contribution >= 4 is 58.5 Å². The molecular formula is C11H14Cl2N4OS2. The minimum atomic E-state index is -0.128. The number of halogens is 2. The summed E-state index contributed by atoms with van der Waals surface area (Å²) in [4.78, 5) is 12.7. The standard InChI is InChI=1S/C11H12N4OS2.2ClH/c1-5-14-15-11(18-5)13-10(16)9-2-6(4-17-9)7-3-8(7)12;;/h2,4,7-8H,3,12H2,1H3,(H,13,15,16);2*1H. The molecule has 1 fully saturated rings. The van der Waals surface area contributed by atoms with Crippen LogP contribution in [0, 0.1) is 6.92 Å². The zero-order valence-electron chi connectivity index (χ0n) is 10.5. The molecule has 1 saturated carbocycles. The van der Waals surface area contributed by atoms with Gasteiger partial charge in [-0.15, -0.1) is 46.3 Å². The van der Waals surface area contributed by atoms with Gasteiger partial charge in [0.1, 0.15) is 5.01 Å². The highest BCUT2D eigenvalue weighted by molar-refractivity contribution is 7.15. The van der Waals surface area contributed by atoms with Gasteiger partial charge in [0.05, 0.1) is 4.88 Å². The SMILES string of the molecule is Cc1nnc(NC(=O)c2cc(C3CC3N)cs2)s1.Cl.Cl. The summed E-state index contributed by atoms with van der Waals surface area (Å²) in [7, 11) is 0. The first kappa shape index (κ1) is 17.3. The summed E-state index contributed by atoms with van der Waals surface area (Å²) in [5, 5.41) is 13.9. The van der Waals surface area contributed by atoms with Crippen molar-refractivity contribution in [2.24, 2.45) is 5.73 Å². The number of aryl methyl sites for hydroxylation is 1.